The maximum Gasteiger partial charge on any atom is 0.326 e. The Kier molecular flexibility index (Phi) is 16.8. The van der Waals surface area contributed by atoms with Crippen LogP contribution >= 0.6 is 0 Å². The Balaban J connectivity index is 1.84. The van der Waals surface area contributed by atoms with Crippen molar-refractivity contribution in [2.24, 2.45) is 29.2 Å². The summed E-state index contributed by atoms with van der Waals surface area (Å²) in [4.78, 5) is 108. The number of aliphatic carboxylic acids is 1. The van der Waals surface area contributed by atoms with Gasteiger partial charge in [-0.2, -0.15) is 0 Å². The fourth-order valence-electron chi connectivity index (χ4n) is 7.03. The fourth-order valence-corrected chi connectivity index (χ4v) is 7.03. The van der Waals surface area contributed by atoms with Gasteiger partial charge in [0.25, 0.3) is 0 Å². The van der Waals surface area contributed by atoms with Crippen LogP contribution in [0.2, 0.25) is 0 Å². The molecule has 3 rings (SSSR count). The van der Waals surface area contributed by atoms with Crippen LogP contribution in [0.4, 0.5) is 0 Å². The Labute approximate surface area is 328 Å². The van der Waals surface area contributed by atoms with Crippen LogP contribution in [0, 0.1) is 17.8 Å². The molecule has 17 heteroatoms. The fraction of sp³-hybridized carbons (Fsp3) is 0.641. The average molecular weight is 785 g/mol. The molecule has 0 aromatic heterocycles. The lowest BCUT2D eigenvalue weighted by Crippen LogP contribution is -2.61. The molecule has 2 aliphatic heterocycles. The van der Waals surface area contributed by atoms with Crippen molar-refractivity contribution in [2.45, 2.75) is 129 Å². The lowest BCUT2D eigenvalue weighted by molar-refractivity contribution is -0.149. The van der Waals surface area contributed by atoms with Crippen LogP contribution < -0.4 is 32.7 Å². The second-order valence-corrected chi connectivity index (χ2v) is 15.9. The smallest absolute Gasteiger partial charge is 0.326 e. The van der Waals surface area contributed by atoms with Crippen molar-refractivity contribution >= 4 is 47.3 Å². The number of nitrogens with one attached hydrogen (secondary N) is 4. The number of hydrogen-bond donors (Lipinski definition) is 7. The second-order valence-electron chi connectivity index (χ2n) is 15.9. The Bertz CT molecular complexity index is 1590. The van der Waals surface area contributed by atoms with E-state index in [0.29, 0.717) is 24.8 Å². The van der Waals surface area contributed by atoms with Crippen molar-refractivity contribution in [1.82, 2.24) is 31.1 Å². The van der Waals surface area contributed by atoms with E-state index in [1.54, 1.807) is 58.0 Å². The molecular weight excluding hydrogens is 724 g/mol. The topological polar surface area (TPSA) is 263 Å². The van der Waals surface area contributed by atoms with Gasteiger partial charge in [0.05, 0.1) is 12.5 Å². The van der Waals surface area contributed by atoms with E-state index < -0.39 is 102 Å². The molecule has 2 heterocycles. The zero-order chi connectivity index (χ0) is 41.9. The number of nitrogens with two attached hydrogens (primary N) is 2. The monoisotopic (exact) mass is 784 g/mol. The third kappa shape index (κ3) is 12.5. The quantitative estimate of drug-likeness (QED) is 0.0971. The summed E-state index contributed by atoms with van der Waals surface area (Å²) in [6.07, 6.45) is 1.25. The van der Waals surface area contributed by atoms with Gasteiger partial charge in [0.2, 0.25) is 41.4 Å². The molecule has 0 saturated carbocycles. The molecule has 0 radical (unpaired) electrons. The highest BCUT2D eigenvalue weighted by atomic mass is 16.4. The number of carboxylic acids is 1. The van der Waals surface area contributed by atoms with E-state index in [-0.39, 0.29) is 44.2 Å². The zero-order valence-electron chi connectivity index (χ0n) is 33.3. The van der Waals surface area contributed by atoms with Crippen LogP contribution in [-0.4, -0.2) is 118 Å². The molecule has 56 heavy (non-hydrogen) atoms. The molecule has 1 aromatic rings. The maximum atomic E-state index is 14.1. The lowest BCUT2D eigenvalue weighted by Gasteiger charge is -2.31. The highest BCUT2D eigenvalue weighted by Crippen LogP contribution is 2.22. The van der Waals surface area contributed by atoms with E-state index in [9.17, 15) is 43.5 Å². The molecule has 7 atom stereocenters. The SMILES string of the molecule is CC(C)C[C@H](NC(=O)[C@@H](NC(=O)[C@H](Cc1ccccc1)NC(=O)[C@@H]1CCCN1C(=O)[C@H](CC(N)=O)NC(=O)[C@@H](N)C(C)C)C(C)C)C(=O)N1CCC[C@H]1C(=O)O. The summed E-state index contributed by atoms with van der Waals surface area (Å²) in [5.74, 6) is -6.55. The van der Waals surface area contributed by atoms with Crippen LogP contribution in [-0.2, 0) is 44.8 Å². The zero-order valence-corrected chi connectivity index (χ0v) is 33.3. The van der Waals surface area contributed by atoms with Crippen molar-refractivity contribution in [3.05, 3.63) is 35.9 Å². The molecule has 0 unspecified atom stereocenters. The summed E-state index contributed by atoms with van der Waals surface area (Å²) < 4.78 is 0. The molecular formula is C39H60N8O9. The molecule has 0 spiro atoms. The van der Waals surface area contributed by atoms with Gasteiger partial charge < -0.3 is 47.6 Å². The molecule has 0 bridgehead atoms. The summed E-state index contributed by atoms with van der Waals surface area (Å²) in [6.45, 7) is 11.0. The predicted octanol–water partition coefficient (Wildman–Crippen LogP) is -0.204. The van der Waals surface area contributed by atoms with Gasteiger partial charge in [0, 0.05) is 19.5 Å². The summed E-state index contributed by atoms with van der Waals surface area (Å²) in [6, 6.07) is 1.14. The van der Waals surface area contributed by atoms with Crippen molar-refractivity contribution in [3.63, 3.8) is 0 Å². The summed E-state index contributed by atoms with van der Waals surface area (Å²) in [5.41, 5.74) is 12.1. The molecule has 17 nitrogen and oxygen atoms in total. The summed E-state index contributed by atoms with van der Waals surface area (Å²) in [7, 11) is 0. The van der Waals surface area contributed by atoms with Crippen molar-refractivity contribution in [1.29, 1.82) is 0 Å². The first-order chi connectivity index (χ1) is 26.3. The summed E-state index contributed by atoms with van der Waals surface area (Å²) in [5, 5.41) is 20.5. The number of benzene rings is 1. The normalized spacial score (nSPS) is 19.5. The number of amides is 7. The van der Waals surface area contributed by atoms with E-state index in [4.69, 9.17) is 11.5 Å². The third-order valence-corrected chi connectivity index (χ3v) is 10.2. The van der Waals surface area contributed by atoms with Crippen molar-refractivity contribution < 1.29 is 43.5 Å². The van der Waals surface area contributed by atoms with Crippen LogP contribution in [0.1, 0.15) is 85.6 Å². The number of carbonyl (C=O) groups excluding carboxylic acids is 7. The van der Waals surface area contributed by atoms with Gasteiger partial charge in [-0.15, -0.1) is 0 Å². The Morgan fingerprint density at radius 3 is 1.80 bits per heavy atom. The van der Waals surface area contributed by atoms with Crippen molar-refractivity contribution in [3.8, 4) is 0 Å². The highest BCUT2D eigenvalue weighted by molar-refractivity contribution is 5.98. The van der Waals surface area contributed by atoms with Crippen LogP contribution in [0.5, 0.6) is 0 Å². The predicted molar refractivity (Wildman–Crippen MR) is 206 cm³/mol. The van der Waals surface area contributed by atoms with Gasteiger partial charge in [-0.25, -0.2) is 4.79 Å². The van der Waals surface area contributed by atoms with Crippen molar-refractivity contribution in [2.75, 3.05) is 13.1 Å². The standard InChI is InChI=1S/C39H60N8O9/c1-21(2)18-26(37(53)47-17-11-15-29(47)39(55)56)44-36(52)32(23(5)6)45-33(49)25(19-24-12-8-7-9-13-24)42-34(50)28-14-10-16-46(28)38(54)27(20-30(40)48)43-35(51)31(41)22(3)4/h7-9,12-13,21-23,25-29,31-32H,10-11,14-20,41H2,1-6H3,(H2,40,48)(H,42,50)(H,43,51)(H,44,52)(H,45,49)(H,55,56)/t25-,26-,27-,28-,29-,31-,32-/m0/s1. The molecule has 0 aliphatic carbocycles. The number of carbonyl (C=O) groups is 8. The Hall–Kier alpha value is -5.06. The first-order valence-electron chi connectivity index (χ1n) is 19.4. The molecule has 2 saturated heterocycles. The third-order valence-electron chi connectivity index (χ3n) is 10.2. The largest absolute Gasteiger partial charge is 0.480 e. The molecule has 2 aliphatic rings. The second kappa shape index (κ2) is 20.7. The van der Waals surface area contributed by atoms with E-state index in [1.807, 2.05) is 13.8 Å². The first-order valence-corrected chi connectivity index (χ1v) is 19.4. The van der Waals surface area contributed by atoms with Gasteiger partial charge in [-0.05, 0) is 55.4 Å². The molecule has 310 valence electrons. The van der Waals surface area contributed by atoms with Gasteiger partial charge in [-0.3, -0.25) is 33.6 Å². The number of primary amides is 1. The van der Waals surface area contributed by atoms with E-state index >= 15 is 0 Å². The molecule has 9 N–H and O–H groups in total. The molecule has 2 fully saturated rings. The lowest BCUT2D eigenvalue weighted by atomic mass is 9.98. The number of likely N-dealkylation sites (tertiary alicyclic amines) is 2. The minimum Gasteiger partial charge on any atom is -0.480 e. The van der Waals surface area contributed by atoms with Crippen LogP contribution in [0.25, 0.3) is 0 Å². The minimum absolute atomic E-state index is 0.0267. The number of rotatable bonds is 19. The van der Waals surface area contributed by atoms with E-state index in [2.05, 4.69) is 21.3 Å². The van der Waals surface area contributed by atoms with E-state index in [1.165, 1.54) is 9.80 Å². The number of nitrogens with zero attached hydrogens (tertiary/aromatic N) is 2. The van der Waals surface area contributed by atoms with Gasteiger partial charge >= 0.3 is 5.97 Å². The van der Waals surface area contributed by atoms with Crippen LogP contribution in [0.15, 0.2) is 30.3 Å². The van der Waals surface area contributed by atoms with E-state index in [0.717, 1.165) is 0 Å². The number of carboxylic acid groups (broad SMARTS) is 1. The Morgan fingerprint density at radius 1 is 0.714 bits per heavy atom. The van der Waals surface area contributed by atoms with Gasteiger partial charge in [0.1, 0.15) is 36.3 Å². The van der Waals surface area contributed by atoms with Gasteiger partial charge in [0.15, 0.2) is 0 Å². The van der Waals surface area contributed by atoms with Crippen LogP contribution in [0.3, 0.4) is 0 Å². The highest BCUT2D eigenvalue weighted by Gasteiger charge is 2.41. The molecule has 1 aromatic carbocycles. The Morgan fingerprint density at radius 2 is 1.27 bits per heavy atom. The first kappa shape index (κ1) is 45.3. The summed E-state index contributed by atoms with van der Waals surface area (Å²) >= 11 is 0. The molecule has 7 amide bonds. The maximum absolute atomic E-state index is 14.1. The average Bonchev–Trinajstić information content (AvgIpc) is 3.83. The van der Waals surface area contributed by atoms with Gasteiger partial charge in [-0.1, -0.05) is 71.9 Å². The number of hydrogen-bond acceptors (Lipinski definition) is 9. The minimum atomic E-state index is -1.36.